The number of rotatable bonds is 6. The maximum atomic E-state index is 9.34. The molecule has 0 amide bonds. The molecule has 2 rings (SSSR count). The highest BCUT2D eigenvalue weighted by Gasteiger charge is 2.17. The van der Waals surface area contributed by atoms with Gasteiger partial charge in [-0.25, -0.2) is 0 Å². The van der Waals surface area contributed by atoms with Crippen LogP contribution in [0.3, 0.4) is 0 Å². The van der Waals surface area contributed by atoms with Crippen LogP contribution < -0.4 is 5.32 Å². The van der Waals surface area contributed by atoms with Crippen LogP contribution in [-0.2, 0) is 6.42 Å². The van der Waals surface area contributed by atoms with E-state index in [0.717, 1.165) is 6.42 Å². The fourth-order valence-electron chi connectivity index (χ4n) is 2.68. The topological polar surface area (TPSA) is 32.3 Å². The maximum absolute atomic E-state index is 9.34. The van der Waals surface area contributed by atoms with Crippen molar-refractivity contribution in [3.05, 3.63) is 65.7 Å². The molecule has 0 spiro atoms. The van der Waals surface area contributed by atoms with Crippen LogP contribution in [0.2, 0.25) is 0 Å². The molecule has 2 unspecified atom stereocenters. The van der Waals surface area contributed by atoms with Crippen molar-refractivity contribution in [2.75, 3.05) is 0 Å². The standard InChI is InChI=1S/C19H25NO/c1-14(2)19(17-7-5-4-6-8-17)20-15(3)13-16-9-11-18(21)12-10-16/h4-12,14-15,19-21H,13H2,1-3H3. The predicted molar refractivity (Wildman–Crippen MR) is 88.4 cm³/mol. The molecule has 0 radical (unpaired) electrons. The minimum Gasteiger partial charge on any atom is -0.508 e. The van der Waals surface area contributed by atoms with Gasteiger partial charge < -0.3 is 10.4 Å². The number of hydrogen-bond acceptors (Lipinski definition) is 2. The number of benzene rings is 2. The molecule has 0 heterocycles. The number of aromatic hydroxyl groups is 1. The second-order valence-electron chi connectivity index (χ2n) is 6.07. The molecule has 0 aliphatic carbocycles. The average Bonchev–Trinajstić information content (AvgIpc) is 2.48. The smallest absolute Gasteiger partial charge is 0.115 e. The van der Waals surface area contributed by atoms with Gasteiger partial charge in [0.2, 0.25) is 0 Å². The molecule has 2 N–H and O–H groups in total. The Balaban J connectivity index is 2.02. The minimum absolute atomic E-state index is 0.323. The number of hydrogen-bond donors (Lipinski definition) is 2. The SMILES string of the molecule is CC(Cc1ccc(O)cc1)NC(c1ccccc1)C(C)C. The first-order valence-corrected chi connectivity index (χ1v) is 7.65. The molecular weight excluding hydrogens is 258 g/mol. The Morgan fingerprint density at radius 2 is 1.52 bits per heavy atom. The van der Waals surface area contributed by atoms with Gasteiger partial charge in [0.15, 0.2) is 0 Å². The molecule has 21 heavy (non-hydrogen) atoms. The van der Waals surface area contributed by atoms with Gasteiger partial charge in [0.1, 0.15) is 5.75 Å². The van der Waals surface area contributed by atoms with Crippen molar-refractivity contribution in [2.45, 2.75) is 39.3 Å². The zero-order valence-corrected chi connectivity index (χ0v) is 13.1. The van der Waals surface area contributed by atoms with Crippen LogP contribution in [0.1, 0.15) is 37.9 Å². The van der Waals surface area contributed by atoms with Crippen LogP contribution in [0.25, 0.3) is 0 Å². The van der Waals surface area contributed by atoms with Crippen molar-refractivity contribution < 1.29 is 5.11 Å². The highest BCUT2D eigenvalue weighted by Crippen LogP contribution is 2.22. The van der Waals surface area contributed by atoms with E-state index in [4.69, 9.17) is 0 Å². The van der Waals surface area contributed by atoms with E-state index < -0.39 is 0 Å². The predicted octanol–water partition coefficient (Wildman–Crippen LogP) is 4.31. The zero-order chi connectivity index (χ0) is 15.2. The summed E-state index contributed by atoms with van der Waals surface area (Å²) in [5.41, 5.74) is 2.58. The molecule has 0 saturated heterocycles. The third-order valence-corrected chi connectivity index (χ3v) is 3.77. The Kier molecular flexibility index (Phi) is 5.40. The van der Waals surface area contributed by atoms with Gasteiger partial charge in [-0.1, -0.05) is 56.3 Å². The van der Waals surface area contributed by atoms with Gasteiger partial charge in [0.05, 0.1) is 0 Å². The number of phenols is 1. The largest absolute Gasteiger partial charge is 0.508 e. The van der Waals surface area contributed by atoms with Crippen molar-refractivity contribution >= 4 is 0 Å². The highest BCUT2D eigenvalue weighted by atomic mass is 16.3. The average molecular weight is 283 g/mol. The molecule has 2 atom stereocenters. The van der Waals surface area contributed by atoms with E-state index in [1.807, 2.05) is 12.1 Å². The van der Waals surface area contributed by atoms with Gasteiger partial charge in [-0.3, -0.25) is 0 Å². The van der Waals surface area contributed by atoms with E-state index in [1.165, 1.54) is 11.1 Å². The molecule has 0 aliphatic heterocycles. The normalized spacial score (nSPS) is 14.1. The summed E-state index contributed by atoms with van der Waals surface area (Å²) in [5.74, 6) is 0.860. The van der Waals surface area contributed by atoms with E-state index in [0.29, 0.717) is 23.8 Å². The fraction of sp³-hybridized carbons (Fsp3) is 0.368. The molecule has 0 aliphatic rings. The first-order chi connectivity index (χ1) is 10.1. The van der Waals surface area contributed by atoms with Crippen LogP contribution in [0.5, 0.6) is 5.75 Å². The summed E-state index contributed by atoms with van der Waals surface area (Å²) in [7, 11) is 0. The molecule has 2 aromatic carbocycles. The van der Waals surface area contributed by atoms with Crippen LogP contribution in [0.15, 0.2) is 54.6 Å². The van der Waals surface area contributed by atoms with Crippen LogP contribution in [0, 0.1) is 5.92 Å². The monoisotopic (exact) mass is 283 g/mol. The fourth-order valence-corrected chi connectivity index (χ4v) is 2.68. The lowest BCUT2D eigenvalue weighted by Gasteiger charge is -2.27. The van der Waals surface area contributed by atoms with E-state index in [1.54, 1.807) is 12.1 Å². The van der Waals surface area contributed by atoms with Crippen LogP contribution in [-0.4, -0.2) is 11.1 Å². The van der Waals surface area contributed by atoms with E-state index >= 15 is 0 Å². The third-order valence-electron chi connectivity index (χ3n) is 3.77. The van der Waals surface area contributed by atoms with Gasteiger partial charge >= 0.3 is 0 Å². The maximum Gasteiger partial charge on any atom is 0.115 e. The van der Waals surface area contributed by atoms with E-state index in [-0.39, 0.29) is 0 Å². The van der Waals surface area contributed by atoms with Gasteiger partial charge in [-0.2, -0.15) is 0 Å². The number of nitrogens with one attached hydrogen (secondary N) is 1. The Labute approximate surface area is 127 Å². The lowest BCUT2D eigenvalue weighted by atomic mass is 9.94. The van der Waals surface area contributed by atoms with Gasteiger partial charge in [0.25, 0.3) is 0 Å². The highest BCUT2D eigenvalue weighted by molar-refractivity contribution is 5.26. The summed E-state index contributed by atoms with van der Waals surface area (Å²) < 4.78 is 0. The van der Waals surface area contributed by atoms with Crippen LogP contribution in [0.4, 0.5) is 0 Å². The Morgan fingerprint density at radius 1 is 0.905 bits per heavy atom. The Hall–Kier alpha value is -1.80. The lowest BCUT2D eigenvalue weighted by molar-refractivity contribution is 0.368. The summed E-state index contributed by atoms with van der Waals surface area (Å²) >= 11 is 0. The summed E-state index contributed by atoms with van der Waals surface area (Å²) in [4.78, 5) is 0. The Bertz CT molecular complexity index is 533. The molecular formula is C19H25NO. The first kappa shape index (κ1) is 15.6. The van der Waals surface area contributed by atoms with Crippen LogP contribution >= 0.6 is 0 Å². The molecule has 0 fully saturated rings. The first-order valence-electron chi connectivity index (χ1n) is 7.65. The summed E-state index contributed by atoms with van der Waals surface area (Å²) in [5, 5.41) is 13.1. The van der Waals surface area contributed by atoms with Gasteiger partial charge in [-0.05, 0) is 42.5 Å². The molecule has 112 valence electrons. The molecule has 2 heteroatoms. The molecule has 0 bridgehead atoms. The second-order valence-corrected chi connectivity index (χ2v) is 6.07. The number of phenolic OH excluding ortho intramolecular Hbond substituents is 1. The zero-order valence-electron chi connectivity index (χ0n) is 13.1. The van der Waals surface area contributed by atoms with E-state index in [2.05, 4.69) is 56.4 Å². The summed E-state index contributed by atoms with van der Waals surface area (Å²) in [6.45, 7) is 6.71. The van der Waals surface area contributed by atoms with Gasteiger partial charge in [-0.15, -0.1) is 0 Å². The minimum atomic E-state index is 0.323. The molecule has 2 aromatic rings. The van der Waals surface area contributed by atoms with E-state index in [9.17, 15) is 5.11 Å². The summed E-state index contributed by atoms with van der Waals surface area (Å²) in [6.07, 6.45) is 0.955. The second kappa shape index (κ2) is 7.28. The molecule has 0 saturated carbocycles. The lowest BCUT2D eigenvalue weighted by Crippen LogP contribution is -2.34. The quantitative estimate of drug-likeness (QED) is 0.828. The van der Waals surface area contributed by atoms with Crippen molar-refractivity contribution in [1.82, 2.24) is 5.32 Å². The Morgan fingerprint density at radius 3 is 2.10 bits per heavy atom. The molecule has 2 nitrogen and oxygen atoms in total. The molecule has 0 aromatic heterocycles. The van der Waals surface area contributed by atoms with Crippen molar-refractivity contribution in [3.63, 3.8) is 0 Å². The van der Waals surface area contributed by atoms with Crippen molar-refractivity contribution in [1.29, 1.82) is 0 Å². The van der Waals surface area contributed by atoms with Gasteiger partial charge in [0, 0.05) is 12.1 Å². The summed E-state index contributed by atoms with van der Waals surface area (Å²) in [6, 6.07) is 18.8. The van der Waals surface area contributed by atoms with Crippen molar-refractivity contribution in [2.24, 2.45) is 5.92 Å². The third kappa shape index (κ3) is 4.61. The van der Waals surface area contributed by atoms with Crippen molar-refractivity contribution in [3.8, 4) is 5.75 Å².